The summed E-state index contributed by atoms with van der Waals surface area (Å²) in [6.07, 6.45) is -3.26. The molecule has 0 radical (unpaired) electrons. The van der Waals surface area contributed by atoms with E-state index in [0.717, 1.165) is 28.2 Å². The second-order valence-corrected chi connectivity index (χ2v) is 9.20. The maximum absolute atomic E-state index is 13.7. The van der Waals surface area contributed by atoms with E-state index in [0.29, 0.717) is 16.9 Å². The van der Waals surface area contributed by atoms with Crippen LogP contribution in [0, 0.1) is 13.8 Å². The molecular formula is C29H23F3N4O3. The Morgan fingerprint density at radius 1 is 0.897 bits per heavy atom. The van der Waals surface area contributed by atoms with E-state index < -0.39 is 29.2 Å². The number of aromatic amines is 1. The summed E-state index contributed by atoms with van der Waals surface area (Å²) < 4.78 is 40.8. The predicted molar refractivity (Wildman–Crippen MR) is 140 cm³/mol. The second-order valence-electron chi connectivity index (χ2n) is 9.20. The van der Waals surface area contributed by atoms with Crippen molar-refractivity contribution in [1.29, 1.82) is 0 Å². The van der Waals surface area contributed by atoms with Gasteiger partial charge in [-0.25, -0.2) is 9.48 Å². The molecule has 2 heterocycles. The van der Waals surface area contributed by atoms with Crippen molar-refractivity contribution in [3.63, 3.8) is 0 Å². The van der Waals surface area contributed by atoms with E-state index in [9.17, 15) is 27.6 Å². The van der Waals surface area contributed by atoms with Gasteiger partial charge in [0.15, 0.2) is 0 Å². The Labute approximate surface area is 221 Å². The molecule has 3 aromatic carbocycles. The molecular weight excluding hydrogens is 509 g/mol. The second kappa shape index (κ2) is 9.79. The number of imide groups is 1. The van der Waals surface area contributed by atoms with Crippen LogP contribution in [0.25, 0.3) is 23.0 Å². The highest BCUT2D eigenvalue weighted by molar-refractivity contribution is 6.14. The first-order valence-corrected chi connectivity index (χ1v) is 12.0. The Morgan fingerprint density at radius 2 is 1.62 bits per heavy atom. The number of H-pyrrole nitrogens is 1. The number of hydrogen-bond donors (Lipinski definition) is 2. The third kappa shape index (κ3) is 4.88. The van der Waals surface area contributed by atoms with E-state index in [1.165, 1.54) is 22.9 Å². The SMILES string of the molecule is Cc1cccc(-n2[nH]c(-c3ccccc3)c(C=C3NC(=O)N(Cc4cccc(C(F)(F)F)c4)C3=O)c2=O)c1C. The minimum atomic E-state index is -4.56. The quantitative estimate of drug-likeness (QED) is 0.261. The molecule has 2 N–H and O–H groups in total. The number of alkyl halides is 3. The van der Waals surface area contributed by atoms with Crippen LogP contribution in [-0.2, 0) is 17.5 Å². The van der Waals surface area contributed by atoms with Crippen LogP contribution >= 0.6 is 0 Å². The lowest BCUT2D eigenvalue weighted by Crippen LogP contribution is -2.30. The van der Waals surface area contributed by atoms with Crippen LogP contribution in [0.15, 0.2) is 83.3 Å². The van der Waals surface area contributed by atoms with Gasteiger partial charge in [0.1, 0.15) is 5.70 Å². The molecule has 3 amide bonds. The number of nitrogens with one attached hydrogen (secondary N) is 2. The number of carbonyl (C=O) groups excluding carboxylic acids is 2. The van der Waals surface area contributed by atoms with Crippen LogP contribution in [0.3, 0.4) is 0 Å². The highest BCUT2D eigenvalue weighted by Gasteiger charge is 2.35. The van der Waals surface area contributed by atoms with Crippen LogP contribution in [-0.4, -0.2) is 26.6 Å². The standard InChI is InChI=1S/C29H23F3N4O3/c1-17-8-6-13-24(18(17)2)36-26(37)22(25(34-36)20-10-4-3-5-11-20)15-23-27(38)35(28(39)33-23)16-19-9-7-12-21(14-19)29(30,31)32/h3-15,34H,16H2,1-2H3,(H,33,39). The third-order valence-corrected chi connectivity index (χ3v) is 6.65. The maximum atomic E-state index is 13.7. The van der Waals surface area contributed by atoms with Crippen molar-refractivity contribution in [2.24, 2.45) is 0 Å². The zero-order chi connectivity index (χ0) is 27.9. The molecule has 198 valence electrons. The number of urea groups is 1. The van der Waals surface area contributed by atoms with Crippen LogP contribution in [0.5, 0.6) is 0 Å². The first-order valence-electron chi connectivity index (χ1n) is 12.0. The van der Waals surface area contributed by atoms with Gasteiger partial charge in [-0.1, -0.05) is 54.6 Å². The van der Waals surface area contributed by atoms with Gasteiger partial charge in [-0.3, -0.25) is 19.6 Å². The molecule has 1 aromatic heterocycles. The van der Waals surface area contributed by atoms with Crippen LogP contribution in [0.1, 0.15) is 27.8 Å². The van der Waals surface area contributed by atoms with Gasteiger partial charge in [-0.2, -0.15) is 13.2 Å². The van der Waals surface area contributed by atoms with E-state index >= 15 is 0 Å². The molecule has 1 saturated heterocycles. The minimum absolute atomic E-state index is 0.137. The van der Waals surface area contributed by atoms with Gasteiger partial charge >= 0.3 is 12.2 Å². The first-order chi connectivity index (χ1) is 18.5. The van der Waals surface area contributed by atoms with E-state index in [-0.39, 0.29) is 23.4 Å². The number of nitrogens with zero attached hydrogens (tertiary/aromatic N) is 2. The van der Waals surface area contributed by atoms with Crippen molar-refractivity contribution in [1.82, 2.24) is 20.0 Å². The fourth-order valence-corrected chi connectivity index (χ4v) is 4.44. The lowest BCUT2D eigenvalue weighted by Gasteiger charge is -2.13. The topological polar surface area (TPSA) is 87.2 Å². The number of aromatic nitrogens is 2. The van der Waals surface area contributed by atoms with Crippen LogP contribution in [0.2, 0.25) is 0 Å². The van der Waals surface area contributed by atoms with Crippen molar-refractivity contribution in [3.8, 4) is 16.9 Å². The molecule has 4 aromatic rings. The van der Waals surface area contributed by atoms with Gasteiger partial charge in [-0.05, 0) is 54.8 Å². The van der Waals surface area contributed by atoms with E-state index in [1.807, 2.05) is 32.0 Å². The van der Waals surface area contributed by atoms with Crippen molar-refractivity contribution < 1.29 is 22.8 Å². The van der Waals surface area contributed by atoms with Gasteiger partial charge in [-0.15, -0.1) is 0 Å². The summed E-state index contributed by atoms with van der Waals surface area (Å²) in [5.74, 6) is -0.754. The number of rotatable bonds is 5. The first kappa shape index (κ1) is 25.8. The Hall–Kier alpha value is -4.86. The fraction of sp³-hybridized carbons (Fsp3) is 0.138. The number of halogens is 3. The molecule has 0 unspecified atom stereocenters. The number of hydrogen-bond acceptors (Lipinski definition) is 3. The largest absolute Gasteiger partial charge is 0.416 e. The van der Waals surface area contributed by atoms with Gasteiger partial charge < -0.3 is 5.32 Å². The monoisotopic (exact) mass is 532 g/mol. The van der Waals surface area contributed by atoms with Gasteiger partial charge in [0, 0.05) is 5.56 Å². The molecule has 1 aliphatic heterocycles. The lowest BCUT2D eigenvalue weighted by molar-refractivity contribution is -0.137. The zero-order valence-corrected chi connectivity index (χ0v) is 21.0. The molecule has 0 spiro atoms. The fourth-order valence-electron chi connectivity index (χ4n) is 4.44. The number of aryl methyl sites for hydroxylation is 1. The predicted octanol–water partition coefficient (Wildman–Crippen LogP) is 5.56. The average Bonchev–Trinajstić information content (AvgIpc) is 3.37. The summed E-state index contributed by atoms with van der Waals surface area (Å²) in [5.41, 5.74) is 2.43. The summed E-state index contributed by atoms with van der Waals surface area (Å²) in [6, 6.07) is 18.2. The average molecular weight is 533 g/mol. The molecule has 0 saturated carbocycles. The molecule has 10 heteroatoms. The van der Waals surface area contributed by atoms with Crippen molar-refractivity contribution in [3.05, 3.63) is 117 Å². The summed E-state index contributed by atoms with van der Waals surface area (Å²) in [5, 5.41) is 5.59. The van der Waals surface area contributed by atoms with Crippen molar-refractivity contribution in [2.75, 3.05) is 0 Å². The van der Waals surface area contributed by atoms with Gasteiger partial charge in [0.2, 0.25) is 0 Å². The Morgan fingerprint density at radius 3 is 2.33 bits per heavy atom. The lowest BCUT2D eigenvalue weighted by atomic mass is 10.1. The summed E-state index contributed by atoms with van der Waals surface area (Å²) >= 11 is 0. The molecule has 1 fully saturated rings. The van der Waals surface area contributed by atoms with Crippen molar-refractivity contribution in [2.45, 2.75) is 26.6 Å². The van der Waals surface area contributed by atoms with Crippen LogP contribution in [0.4, 0.5) is 18.0 Å². The molecule has 0 bridgehead atoms. The Kier molecular flexibility index (Phi) is 6.47. The zero-order valence-electron chi connectivity index (χ0n) is 21.0. The number of carbonyl (C=O) groups is 2. The van der Waals surface area contributed by atoms with E-state index in [1.54, 1.807) is 30.3 Å². The Balaban J connectivity index is 1.55. The molecule has 5 rings (SSSR count). The highest BCUT2D eigenvalue weighted by Crippen LogP contribution is 2.30. The summed E-state index contributed by atoms with van der Waals surface area (Å²) in [4.78, 5) is 40.3. The minimum Gasteiger partial charge on any atom is -0.303 e. The molecule has 7 nitrogen and oxygen atoms in total. The third-order valence-electron chi connectivity index (χ3n) is 6.65. The smallest absolute Gasteiger partial charge is 0.303 e. The van der Waals surface area contributed by atoms with E-state index in [2.05, 4.69) is 10.4 Å². The van der Waals surface area contributed by atoms with Gasteiger partial charge in [0.25, 0.3) is 11.5 Å². The number of amides is 3. The van der Waals surface area contributed by atoms with Crippen LogP contribution < -0.4 is 10.9 Å². The molecule has 39 heavy (non-hydrogen) atoms. The number of benzene rings is 3. The van der Waals surface area contributed by atoms with Gasteiger partial charge in [0.05, 0.1) is 29.1 Å². The molecule has 0 atom stereocenters. The van der Waals surface area contributed by atoms with E-state index in [4.69, 9.17) is 0 Å². The molecule has 0 aliphatic carbocycles. The Bertz CT molecular complexity index is 1680. The summed E-state index contributed by atoms with van der Waals surface area (Å²) in [6.45, 7) is 3.46. The highest BCUT2D eigenvalue weighted by atomic mass is 19.4. The van der Waals surface area contributed by atoms with Crippen molar-refractivity contribution >= 4 is 18.0 Å². The molecule has 1 aliphatic rings. The normalized spacial score (nSPS) is 14.8. The maximum Gasteiger partial charge on any atom is 0.416 e. The summed E-state index contributed by atoms with van der Waals surface area (Å²) in [7, 11) is 0.